The SMILES string of the molecule is CC(C)OC(=O)c1ccc(C=Cc2cc(O)ccc2O)cc1. The zero-order valence-corrected chi connectivity index (χ0v) is 12.5. The van der Waals surface area contributed by atoms with Crippen molar-refractivity contribution >= 4 is 18.1 Å². The molecule has 0 bridgehead atoms. The molecular formula is C18H18O4. The number of carbonyl (C=O) groups excluding carboxylic acids is 1. The summed E-state index contributed by atoms with van der Waals surface area (Å²) in [5.41, 5.74) is 1.87. The Labute approximate surface area is 129 Å². The summed E-state index contributed by atoms with van der Waals surface area (Å²) in [7, 11) is 0. The largest absolute Gasteiger partial charge is 0.508 e. The lowest BCUT2D eigenvalue weighted by molar-refractivity contribution is 0.0378. The van der Waals surface area contributed by atoms with Gasteiger partial charge in [-0.15, -0.1) is 0 Å². The number of hydrogen-bond donors (Lipinski definition) is 2. The number of rotatable bonds is 4. The van der Waals surface area contributed by atoms with Gasteiger partial charge in [0.15, 0.2) is 0 Å². The normalized spacial score (nSPS) is 11.0. The van der Waals surface area contributed by atoms with Crippen LogP contribution in [0.1, 0.15) is 35.3 Å². The first-order valence-electron chi connectivity index (χ1n) is 6.97. The third-order valence-electron chi connectivity index (χ3n) is 2.96. The maximum absolute atomic E-state index is 11.7. The van der Waals surface area contributed by atoms with E-state index in [1.54, 1.807) is 50.3 Å². The molecule has 0 aliphatic heterocycles. The molecule has 0 heterocycles. The van der Waals surface area contributed by atoms with Crippen molar-refractivity contribution in [1.82, 2.24) is 0 Å². The quantitative estimate of drug-likeness (QED) is 0.511. The summed E-state index contributed by atoms with van der Waals surface area (Å²) >= 11 is 0. The molecule has 0 spiro atoms. The van der Waals surface area contributed by atoms with Crippen molar-refractivity contribution in [2.24, 2.45) is 0 Å². The van der Waals surface area contributed by atoms with Crippen LogP contribution >= 0.6 is 0 Å². The molecule has 0 atom stereocenters. The Morgan fingerprint density at radius 2 is 1.73 bits per heavy atom. The molecule has 0 radical (unpaired) electrons. The van der Waals surface area contributed by atoms with Gasteiger partial charge in [0.2, 0.25) is 0 Å². The Morgan fingerprint density at radius 1 is 1.05 bits per heavy atom. The van der Waals surface area contributed by atoms with Gasteiger partial charge in [0, 0.05) is 5.56 Å². The Bertz CT molecular complexity index is 685. The third-order valence-corrected chi connectivity index (χ3v) is 2.96. The van der Waals surface area contributed by atoms with E-state index in [0.29, 0.717) is 11.1 Å². The number of hydrogen-bond acceptors (Lipinski definition) is 4. The van der Waals surface area contributed by atoms with Crippen LogP contribution in [0, 0.1) is 0 Å². The van der Waals surface area contributed by atoms with Gasteiger partial charge < -0.3 is 14.9 Å². The topological polar surface area (TPSA) is 66.8 Å². The minimum atomic E-state index is -0.351. The molecule has 2 aromatic carbocycles. The maximum atomic E-state index is 11.7. The highest BCUT2D eigenvalue weighted by atomic mass is 16.5. The molecule has 2 rings (SSSR count). The Balaban J connectivity index is 2.12. The van der Waals surface area contributed by atoms with E-state index in [2.05, 4.69) is 0 Å². The molecule has 22 heavy (non-hydrogen) atoms. The van der Waals surface area contributed by atoms with Crippen molar-refractivity contribution < 1.29 is 19.7 Å². The van der Waals surface area contributed by atoms with Gasteiger partial charge in [-0.05, 0) is 49.7 Å². The average molecular weight is 298 g/mol. The molecule has 4 heteroatoms. The molecule has 4 nitrogen and oxygen atoms in total. The van der Waals surface area contributed by atoms with E-state index in [0.717, 1.165) is 5.56 Å². The molecule has 114 valence electrons. The van der Waals surface area contributed by atoms with E-state index < -0.39 is 0 Å². The lowest BCUT2D eigenvalue weighted by Gasteiger charge is -2.07. The highest BCUT2D eigenvalue weighted by molar-refractivity contribution is 5.90. The predicted octanol–water partition coefficient (Wildman–Crippen LogP) is 3.83. The van der Waals surface area contributed by atoms with E-state index in [9.17, 15) is 15.0 Å². The standard InChI is InChI=1S/C18H18O4/c1-12(2)22-18(21)14-6-3-13(4-7-14)5-8-15-11-16(19)9-10-17(15)20/h3-12,19-20H,1-2H3. The Hall–Kier alpha value is -2.75. The third kappa shape index (κ3) is 4.12. The maximum Gasteiger partial charge on any atom is 0.338 e. The van der Waals surface area contributed by atoms with Crippen LogP contribution < -0.4 is 0 Å². The monoisotopic (exact) mass is 298 g/mol. The van der Waals surface area contributed by atoms with E-state index in [1.807, 2.05) is 0 Å². The van der Waals surface area contributed by atoms with Crippen LogP contribution in [-0.4, -0.2) is 22.3 Å². The first-order valence-corrected chi connectivity index (χ1v) is 6.97. The van der Waals surface area contributed by atoms with Crippen LogP contribution in [0.3, 0.4) is 0 Å². The second-order valence-electron chi connectivity index (χ2n) is 5.15. The summed E-state index contributed by atoms with van der Waals surface area (Å²) in [4.78, 5) is 11.7. The number of esters is 1. The number of ether oxygens (including phenoxy) is 1. The molecule has 2 aromatic rings. The Morgan fingerprint density at radius 3 is 2.36 bits per heavy atom. The first kappa shape index (κ1) is 15.6. The van der Waals surface area contributed by atoms with Gasteiger partial charge in [0.1, 0.15) is 11.5 Å². The fourth-order valence-corrected chi connectivity index (χ4v) is 1.87. The van der Waals surface area contributed by atoms with Crippen molar-refractivity contribution in [2.45, 2.75) is 20.0 Å². The molecule has 0 amide bonds. The summed E-state index contributed by atoms with van der Waals surface area (Å²) in [6, 6.07) is 11.3. The van der Waals surface area contributed by atoms with Gasteiger partial charge in [0.25, 0.3) is 0 Å². The van der Waals surface area contributed by atoms with Gasteiger partial charge in [-0.25, -0.2) is 4.79 Å². The van der Waals surface area contributed by atoms with Gasteiger partial charge in [-0.2, -0.15) is 0 Å². The first-order chi connectivity index (χ1) is 10.5. The number of benzene rings is 2. The van der Waals surface area contributed by atoms with Crippen molar-refractivity contribution in [3.63, 3.8) is 0 Å². The molecule has 0 fully saturated rings. The zero-order valence-electron chi connectivity index (χ0n) is 12.5. The van der Waals surface area contributed by atoms with Gasteiger partial charge in [-0.1, -0.05) is 24.3 Å². The van der Waals surface area contributed by atoms with Crippen molar-refractivity contribution in [3.8, 4) is 11.5 Å². The number of phenolic OH excluding ortho intramolecular Hbond substituents is 2. The van der Waals surface area contributed by atoms with Crippen molar-refractivity contribution in [1.29, 1.82) is 0 Å². The summed E-state index contributed by atoms with van der Waals surface area (Å²) in [5.74, 6) is -0.174. The van der Waals surface area contributed by atoms with Crippen LogP contribution in [0.25, 0.3) is 12.2 Å². The predicted molar refractivity (Wildman–Crippen MR) is 85.7 cm³/mol. The number of carbonyl (C=O) groups is 1. The molecule has 0 aliphatic carbocycles. The molecular weight excluding hydrogens is 280 g/mol. The Kier molecular flexibility index (Phi) is 4.84. The summed E-state index contributed by atoms with van der Waals surface area (Å²) < 4.78 is 5.12. The van der Waals surface area contributed by atoms with Gasteiger partial charge in [0.05, 0.1) is 11.7 Å². The van der Waals surface area contributed by atoms with E-state index in [4.69, 9.17) is 4.74 Å². The van der Waals surface area contributed by atoms with Crippen LogP contribution in [-0.2, 0) is 4.74 Å². The van der Waals surface area contributed by atoms with Crippen molar-refractivity contribution in [2.75, 3.05) is 0 Å². The van der Waals surface area contributed by atoms with Gasteiger partial charge >= 0.3 is 5.97 Å². The molecule has 0 saturated heterocycles. The molecule has 2 N–H and O–H groups in total. The van der Waals surface area contributed by atoms with Gasteiger partial charge in [-0.3, -0.25) is 0 Å². The summed E-state index contributed by atoms with van der Waals surface area (Å²) in [5, 5.41) is 19.1. The second kappa shape index (κ2) is 6.80. The number of phenols is 2. The number of aromatic hydroxyl groups is 2. The zero-order chi connectivity index (χ0) is 16.1. The summed E-state index contributed by atoms with van der Waals surface area (Å²) in [6.45, 7) is 3.60. The second-order valence-corrected chi connectivity index (χ2v) is 5.15. The minimum Gasteiger partial charge on any atom is -0.508 e. The van der Waals surface area contributed by atoms with E-state index in [-0.39, 0.29) is 23.6 Å². The van der Waals surface area contributed by atoms with Crippen LogP contribution in [0.2, 0.25) is 0 Å². The van der Waals surface area contributed by atoms with Crippen LogP contribution in [0.5, 0.6) is 11.5 Å². The fraction of sp³-hybridized carbons (Fsp3) is 0.167. The fourth-order valence-electron chi connectivity index (χ4n) is 1.87. The lowest BCUT2D eigenvalue weighted by Crippen LogP contribution is -2.11. The van der Waals surface area contributed by atoms with Crippen LogP contribution in [0.4, 0.5) is 0 Å². The molecule has 0 aliphatic rings. The summed E-state index contributed by atoms with van der Waals surface area (Å²) in [6.07, 6.45) is 3.32. The highest BCUT2D eigenvalue weighted by Gasteiger charge is 2.08. The highest BCUT2D eigenvalue weighted by Crippen LogP contribution is 2.24. The molecule has 0 unspecified atom stereocenters. The lowest BCUT2D eigenvalue weighted by atomic mass is 10.1. The van der Waals surface area contributed by atoms with E-state index >= 15 is 0 Å². The molecule has 0 saturated carbocycles. The smallest absolute Gasteiger partial charge is 0.338 e. The van der Waals surface area contributed by atoms with E-state index in [1.165, 1.54) is 18.2 Å². The molecule has 0 aromatic heterocycles. The average Bonchev–Trinajstić information content (AvgIpc) is 2.48. The van der Waals surface area contributed by atoms with Crippen LogP contribution in [0.15, 0.2) is 42.5 Å². The van der Waals surface area contributed by atoms with Crippen molar-refractivity contribution in [3.05, 3.63) is 59.2 Å². The minimum absolute atomic E-state index is 0.0872.